The highest BCUT2D eigenvalue weighted by atomic mass is 127. The Morgan fingerprint density at radius 2 is 1.92 bits per heavy atom. The molecule has 0 spiro atoms. The maximum Gasteiger partial charge on any atom is 0.194 e. The molecule has 2 aromatic rings. The van der Waals surface area contributed by atoms with Gasteiger partial charge in [-0.2, -0.15) is 0 Å². The number of aryl methyl sites for hydroxylation is 1. The van der Waals surface area contributed by atoms with Crippen molar-refractivity contribution in [2.75, 3.05) is 20.7 Å². The average Bonchev–Trinajstić information content (AvgIpc) is 3.01. The van der Waals surface area contributed by atoms with Crippen molar-refractivity contribution in [3.8, 4) is 0 Å². The highest BCUT2D eigenvalue weighted by molar-refractivity contribution is 14.0. The van der Waals surface area contributed by atoms with Crippen LogP contribution in [0.2, 0.25) is 0 Å². The lowest BCUT2D eigenvalue weighted by Crippen LogP contribution is -2.38. The van der Waals surface area contributed by atoms with Crippen LogP contribution in [0.15, 0.2) is 47.6 Å². The van der Waals surface area contributed by atoms with Gasteiger partial charge in [-0.25, -0.2) is 0 Å². The Bertz CT molecular complexity index is 684. The quantitative estimate of drug-likeness (QED) is 0.277. The Balaban J connectivity index is 0.00000338. The van der Waals surface area contributed by atoms with Crippen LogP contribution in [-0.4, -0.2) is 36.1 Å². The van der Waals surface area contributed by atoms with Gasteiger partial charge in [0.05, 0.1) is 13.2 Å². The number of nitrogens with one attached hydrogen (secondary N) is 1. The molecule has 1 heterocycles. The van der Waals surface area contributed by atoms with Gasteiger partial charge in [-0.05, 0) is 29.7 Å². The van der Waals surface area contributed by atoms with Crippen LogP contribution in [0.25, 0.3) is 0 Å². The van der Waals surface area contributed by atoms with Crippen LogP contribution < -0.4 is 5.32 Å². The summed E-state index contributed by atoms with van der Waals surface area (Å²) in [5.41, 5.74) is 3.72. The van der Waals surface area contributed by atoms with E-state index in [0.717, 1.165) is 32.1 Å². The molecule has 0 aliphatic rings. The maximum absolute atomic E-state index is 5.70. The van der Waals surface area contributed by atoms with E-state index >= 15 is 0 Å². The Kier molecular flexibility index (Phi) is 10.3. The standard InChI is InChI=1S/C20H30N4O.HI/c1-5-13-25-16-18-10-7-6-9-17(18)14-22-20(21-2)24(4)15-19-11-8-12-23(19)3;/h6-12H,5,13-16H2,1-4H3,(H,21,22);1H. The first-order valence-electron chi connectivity index (χ1n) is 8.82. The molecule has 0 saturated carbocycles. The molecule has 0 saturated heterocycles. The normalized spacial score (nSPS) is 11.2. The van der Waals surface area contributed by atoms with Crippen molar-refractivity contribution in [1.82, 2.24) is 14.8 Å². The van der Waals surface area contributed by atoms with Gasteiger partial charge in [0.25, 0.3) is 0 Å². The van der Waals surface area contributed by atoms with Gasteiger partial charge < -0.3 is 19.5 Å². The molecule has 1 aromatic heterocycles. The van der Waals surface area contributed by atoms with Crippen molar-refractivity contribution in [2.45, 2.75) is 33.0 Å². The second-order valence-corrected chi connectivity index (χ2v) is 6.19. The van der Waals surface area contributed by atoms with E-state index in [1.165, 1.54) is 16.8 Å². The van der Waals surface area contributed by atoms with Crippen LogP contribution in [-0.2, 0) is 31.5 Å². The minimum Gasteiger partial charge on any atom is -0.377 e. The largest absolute Gasteiger partial charge is 0.377 e. The molecule has 6 heteroatoms. The Morgan fingerprint density at radius 3 is 2.54 bits per heavy atom. The number of benzene rings is 1. The first kappa shape index (κ1) is 22.5. The van der Waals surface area contributed by atoms with Gasteiger partial charge in [-0.15, -0.1) is 24.0 Å². The van der Waals surface area contributed by atoms with Gasteiger partial charge >= 0.3 is 0 Å². The van der Waals surface area contributed by atoms with E-state index in [0.29, 0.717) is 6.61 Å². The van der Waals surface area contributed by atoms with E-state index in [1.807, 2.05) is 7.05 Å². The number of aliphatic imine (C=N–C) groups is 1. The molecule has 0 amide bonds. The summed E-state index contributed by atoms with van der Waals surface area (Å²) in [6.45, 7) is 5.12. The topological polar surface area (TPSA) is 41.8 Å². The predicted molar refractivity (Wildman–Crippen MR) is 119 cm³/mol. The van der Waals surface area contributed by atoms with Crippen molar-refractivity contribution in [1.29, 1.82) is 0 Å². The van der Waals surface area contributed by atoms with Crippen molar-refractivity contribution in [3.63, 3.8) is 0 Å². The van der Waals surface area contributed by atoms with Gasteiger partial charge in [-0.1, -0.05) is 31.2 Å². The lowest BCUT2D eigenvalue weighted by Gasteiger charge is -2.23. The van der Waals surface area contributed by atoms with Gasteiger partial charge in [0.15, 0.2) is 5.96 Å². The number of rotatable bonds is 8. The van der Waals surface area contributed by atoms with Crippen LogP contribution in [0.4, 0.5) is 0 Å². The van der Waals surface area contributed by atoms with Gasteiger partial charge in [0.1, 0.15) is 0 Å². The average molecular weight is 470 g/mol. The van der Waals surface area contributed by atoms with Crippen molar-refractivity contribution < 1.29 is 4.74 Å². The summed E-state index contributed by atoms with van der Waals surface area (Å²) in [5, 5.41) is 3.46. The minimum absolute atomic E-state index is 0. The number of guanidine groups is 1. The third-order valence-corrected chi connectivity index (χ3v) is 4.19. The molecule has 5 nitrogen and oxygen atoms in total. The first-order valence-corrected chi connectivity index (χ1v) is 8.82. The molecule has 0 unspecified atom stereocenters. The number of ether oxygens (including phenoxy) is 1. The predicted octanol–water partition coefficient (Wildman–Crippen LogP) is 3.78. The van der Waals surface area contributed by atoms with Crippen molar-refractivity contribution in [3.05, 3.63) is 59.4 Å². The first-order chi connectivity index (χ1) is 12.2. The molecule has 0 atom stereocenters. The number of hydrogen-bond donors (Lipinski definition) is 1. The molecular formula is C20H31IN4O. The molecule has 1 aromatic carbocycles. The van der Waals surface area contributed by atoms with E-state index in [2.05, 4.69) is 83.4 Å². The molecule has 0 aliphatic heterocycles. The molecule has 2 rings (SSSR count). The number of hydrogen-bond acceptors (Lipinski definition) is 2. The zero-order valence-corrected chi connectivity index (χ0v) is 18.6. The van der Waals surface area contributed by atoms with Gasteiger partial charge in [0, 0.05) is 46.2 Å². The van der Waals surface area contributed by atoms with E-state index in [9.17, 15) is 0 Å². The van der Waals surface area contributed by atoms with E-state index in [1.54, 1.807) is 0 Å². The third kappa shape index (κ3) is 6.64. The smallest absolute Gasteiger partial charge is 0.194 e. The molecule has 144 valence electrons. The Hall–Kier alpha value is -1.54. The Morgan fingerprint density at radius 1 is 1.19 bits per heavy atom. The highest BCUT2D eigenvalue weighted by Crippen LogP contribution is 2.11. The fourth-order valence-electron chi connectivity index (χ4n) is 2.73. The van der Waals surface area contributed by atoms with Crippen LogP contribution in [0.5, 0.6) is 0 Å². The molecule has 0 aliphatic carbocycles. The van der Waals surface area contributed by atoms with Crippen LogP contribution in [0, 0.1) is 0 Å². The lowest BCUT2D eigenvalue weighted by molar-refractivity contribution is 0.121. The zero-order chi connectivity index (χ0) is 18.1. The lowest BCUT2D eigenvalue weighted by atomic mass is 10.1. The number of aromatic nitrogens is 1. The summed E-state index contributed by atoms with van der Waals surface area (Å²) >= 11 is 0. The SMILES string of the molecule is CCCOCc1ccccc1CNC(=NC)N(C)Cc1cccn1C.I. The van der Waals surface area contributed by atoms with Crippen molar-refractivity contribution >= 4 is 29.9 Å². The molecule has 26 heavy (non-hydrogen) atoms. The minimum atomic E-state index is 0. The summed E-state index contributed by atoms with van der Waals surface area (Å²) in [4.78, 5) is 6.54. The monoisotopic (exact) mass is 470 g/mol. The molecule has 0 fully saturated rings. The van der Waals surface area contributed by atoms with Crippen LogP contribution >= 0.6 is 24.0 Å². The van der Waals surface area contributed by atoms with E-state index in [4.69, 9.17) is 4.74 Å². The Labute approximate surface area is 174 Å². The third-order valence-electron chi connectivity index (χ3n) is 4.19. The summed E-state index contributed by atoms with van der Waals surface area (Å²) < 4.78 is 7.83. The molecule has 0 bridgehead atoms. The van der Waals surface area contributed by atoms with Gasteiger partial charge in [-0.3, -0.25) is 4.99 Å². The number of halogens is 1. The van der Waals surface area contributed by atoms with Crippen LogP contribution in [0.1, 0.15) is 30.2 Å². The molecule has 0 radical (unpaired) electrons. The van der Waals surface area contributed by atoms with Crippen molar-refractivity contribution in [2.24, 2.45) is 12.0 Å². The van der Waals surface area contributed by atoms with E-state index < -0.39 is 0 Å². The maximum atomic E-state index is 5.70. The highest BCUT2D eigenvalue weighted by Gasteiger charge is 2.09. The summed E-state index contributed by atoms with van der Waals surface area (Å²) in [7, 11) is 5.94. The fraction of sp³-hybridized carbons (Fsp3) is 0.450. The molecule has 1 N–H and O–H groups in total. The van der Waals surface area contributed by atoms with Crippen LogP contribution in [0.3, 0.4) is 0 Å². The fourth-order valence-corrected chi connectivity index (χ4v) is 2.73. The zero-order valence-electron chi connectivity index (χ0n) is 16.2. The second kappa shape index (κ2) is 12.0. The summed E-state index contributed by atoms with van der Waals surface area (Å²) in [6.07, 6.45) is 3.10. The summed E-state index contributed by atoms with van der Waals surface area (Å²) in [6, 6.07) is 12.6. The van der Waals surface area contributed by atoms with Gasteiger partial charge in [0.2, 0.25) is 0 Å². The number of nitrogens with zero attached hydrogens (tertiary/aromatic N) is 3. The summed E-state index contributed by atoms with van der Waals surface area (Å²) in [5.74, 6) is 0.880. The molecular weight excluding hydrogens is 439 g/mol. The van der Waals surface area contributed by atoms with E-state index in [-0.39, 0.29) is 24.0 Å². The second-order valence-electron chi connectivity index (χ2n) is 6.19.